The van der Waals surface area contributed by atoms with Gasteiger partial charge in [0, 0.05) is 5.69 Å². The molecule has 0 bridgehead atoms. The largest absolute Gasteiger partial charge is 0.487 e. The van der Waals surface area contributed by atoms with E-state index in [9.17, 15) is 0 Å². The number of anilines is 2. The molecule has 1 heterocycles. The lowest BCUT2D eigenvalue weighted by molar-refractivity contribution is 0.218. The predicted octanol–water partition coefficient (Wildman–Crippen LogP) is 4.17. The molecule has 1 aliphatic rings. The van der Waals surface area contributed by atoms with Crippen LogP contribution in [0.25, 0.3) is 0 Å². The van der Waals surface area contributed by atoms with Crippen LogP contribution in [-0.4, -0.2) is 12.6 Å². The number of rotatable bonds is 2. The highest BCUT2D eigenvalue weighted by Crippen LogP contribution is 2.37. The molecule has 1 unspecified atom stereocenters. The average Bonchev–Trinajstić information content (AvgIpc) is 2.46. The van der Waals surface area contributed by atoms with Crippen LogP contribution in [0.15, 0.2) is 48.5 Å². The van der Waals surface area contributed by atoms with Crippen molar-refractivity contribution < 1.29 is 4.74 Å². The first kappa shape index (κ1) is 12.1. The summed E-state index contributed by atoms with van der Waals surface area (Å²) < 4.78 is 5.89. The van der Waals surface area contributed by atoms with E-state index < -0.39 is 0 Å². The van der Waals surface area contributed by atoms with Gasteiger partial charge in [-0.1, -0.05) is 31.2 Å². The van der Waals surface area contributed by atoms with Gasteiger partial charge in [0.25, 0.3) is 0 Å². The molecule has 19 heavy (non-hydrogen) atoms. The average molecular weight is 253 g/mol. The maximum absolute atomic E-state index is 5.89. The molecule has 0 radical (unpaired) electrons. The van der Waals surface area contributed by atoms with Gasteiger partial charge < -0.3 is 9.64 Å². The summed E-state index contributed by atoms with van der Waals surface area (Å²) in [7, 11) is 0. The molecule has 3 rings (SSSR count). The first-order chi connectivity index (χ1) is 9.28. The molecule has 0 aliphatic carbocycles. The van der Waals surface area contributed by atoms with Gasteiger partial charge in [-0.25, -0.2) is 0 Å². The number of fused-ring (bicyclic) bond motifs is 1. The van der Waals surface area contributed by atoms with Crippen molar-refractivity contribution in [1.82, 2.24) is 0 Å². The van der Waals surface area contributed by atoms with Gasteiger partial charge in [0.05, 0.1) is 12.2 Å². The highest BCUT2D eigenvalue weighted by atomic mass is 16.5. The third-order valence-electron chi connectivity index (χ3n) is 3.58. The van der Waals surface area contributed by atoms with Crippen molar-refractivity contribution in [2.45, 2.75) is 26.4 Å². The molecule has 2 nitrogen and oxygen atoms in total. The fraction of sp³-hybridized carbons (Fsp3) is 0.294. The van der Waals surface area contributed by atoms with Gasteiger partial charge >= 0.3 is 0 Å². The second-order valence-electron chi connectivity index (χ2n) is 5.03. The highest BCUT2D eigenvalue weighted by Gasteiger charge is 2.23. The zero-order chi connectivity index (χ0) is 13.2. The third-order valence-corrected chi connectivity index (χ3v) is 3.58. The normalized spacial score (nSPS) is 17.8. The zero-order valence-corrected chi connectivity index (χ0v) is 11.5. The summed E-state index contributed by atoms with van der Waals surface area (Å²) in [5.41, 5.74) is 3.77. The molecule has 0 saturated heterocycles. The Morgan fingerprint density at radius 3 is 2.58 bits per heavy atom. The monoisotopic (exact) mass is 253 g/mol. The number of aryl methyl sites for hydroxylation is 1. The lowest BCUT2D eigenvalue weighted by Gasteiger charge is -2.35. The van der Waals surface area contributed by atoms with E-state index in [-0.39, 0.29) is 6.10 Å². The highest BCUT2D eigenvalue weighted by molar-refractivity contribution is 5.70. The van der Waals surface area contributed by atoms with E-state index in [0.29, 0.717) is 0 Å². The number of hydrogen-bond acceptors (Lipinski definition) is 2. The van der Waals surface area contributed by atoms with Crippen molar-refractivity contribution in [1.29, 1.82) is 0 Å². The van der Waals surface area contributed by atoms with Gasteiger partial charge in [-0.2, -0.15) is 0 Å². The summed E-state index contributed by atoms with van der Waals surface area (Å²) in [6.07, 6.45) is 1.29. The molecule has 0 N–H and O–H groups in total. The molecule has 0 aromatic heterocycles. The van der Waals surface area contributed by atoms with Crippen molar-refractivity contribution in [3.8, 4) is 5.75 Å². The van der Waals surface area contributed by atoms with Crippen LogP contribution < -0.4 is 9.64 Å². The molecule has 0 spiro atoms. The molecule has 0 fully saturated rings. The number of hydrogen-bond donors (Lipinski definition) is 0. The summed E-state index contributed by atoms with van der Waals surface area (Å²) in [6, 6.07) is 17.1. The molecule has 2 aromatic rings. The van der Waals surface area contributed by atoms with Gasteiger partial charge in [0.15, 0.2) is 0 Å². The number of para-hydroxylation sites is 2. The second-order valence-corrected chi connectivity index (χ2v) is 5.03. The van der Waals surface area contributed by atoms with E-state index in [1.807, 2.05) is 12.1 Å². The Balaban J connectivity index is 1.99. The summed E-state index contributed by atoms with van der Waals surface area (Å²) in [5.74, 6) is 0.973. The molecule has 98 valence electrons. The standard InChI is InChI=1S/C17H19NO/c1-3-14-8-10-15(11-9-14)18-12-13(2)19-17-7-5-4-6-16(17)18/h4-11,13H,3,12H2,1-2H3. The fourth-order valence-electron chi connectivity index (χ4n) is 2.55. The Hall–Kier alpha value is -1.96. The fourth-order valence-corrected chi connectivity index (χ4v) is 2.55. The van der Waals surface area contributed by atoms with Crippen LogP contribution in [0.3, 0.4) is 0 Å². The molecule has 1 aliphatic heterocycles. The minimum absolute atomic E-state index is 0.209. The topological polar surface area (TPSA) is 12.5 Å². The van der Waals surface area contributed by atoms with Gasteiger partial charge in [-0.15, -0.1) is 0 Å². The smallest absolute Gasteiger partial charge is 0.143 e. The Labute approximate surface area is 114 Å². The second kappa shape index (κ2) is 4.96. The van der Waals surface area contributed by atoms with Crippen LogP contribution in [-0.2, 0) is 6.42 Å². The van der Waals surface area contributed by atoms with E-state index in [1.54, 1.807) is 0 Å². The first-order valence-electron chi connectivity index (χ1n) is 6.90. The van der Waals surface area contributed by atoms with Crippen molar-refractivity contribution in [2.75, 3.05) is 11.4 Å². The van der Waals surface area contributed by atoms with Gasteiger partial charge in [-0.05, 0) is 43.2 Å². The number of ether oxygens (including phenoxy) is 1. The molecule has 2 aromatic carbocycles. The summed E-state index contributed by atoms with van der Waals surface area (Å²) in [4.78, 5) is 2.34. The minimum atomic E-state index is 0.209. The zero-order valence-electron chi connectivity index (χ0n) is 11.5. The van der Waals surface area contributed by atoms with Crippen molar-refractivity contribution in [3.63, 3.8) is 0 Å². The molecular formula is C17H19NO. The quantitative estimate of drug-likeness (QED) is 0.796. The Kier molecular flexibility index (Phi) is 3.16. The van der Waals surface area contributed by atoms with E-state index in [1.165, 1.54) is 11.3 Å². The van der Waals surface area contributed by atoms with Crippen molar-refractivity contribution in [2.24, 2.45) is 0 Å². The molecular weight excluding hydrogens is 234 g/mol. The number of nitrogens with zero attached hydrogens (tertiary/aromatic N) is 1. The Bertz CT molecular complexity index is 562. The summed E-state index contributed by atoms with van der Waals surface area (Å²) in [6.45, 7) is 5.19. The van der Waals surface area contributed by atoms with Crippen LogP contribution >= 0.6 is 0 Å². The lowest BCUT2D eigenvalue weighted by Crippen LogP contribution is -2.35. The summed E-state index contributed by atoms with van der Waals surface area (Å²) in [5, 5.41) is 0. The van der Waals surface area contributed by atoms with E-state index in [4.69, 9.17) is 4.74 Å². The lowest BCUT2D eigenvalue weighted by atomic mass is 10.1. The summed E-state index contributed by atoms with van der Waals surface area (Å²) >= 11 is 0. The third kappa shape index (κ3) is 2.30. The van der Waals surface area contributed by atoms with Gasteiger partial charge in [-0.3, -0.25) is 0 Å². The SMILES string of the molecule is CCc1ccc(N2CC(C)Oc3ccccc32)cc1. The van der Waals surface area contributed by atoms with Gasteiger partial charge in [0.1, 0.15) is 11.9 Å². The van der Waals surface area contributed by atoms with Crippen LogP contribution in [0.5, 0.6) is 5.75 Å². The minimum Gasteiger partial charge on any atom is -0.487 e. The predicted molar refractivity (Wildman–Crippen MR) is 79.4 cm³/mol. The maximum Gasteiger partial charge on any atom is 0.143 e. The van der Waals surface area contributed by atoms with Crippen LogP contribution in [0, 0.1) is 0 Å². The van der Waals surface area contributed by atoms with Crippen LogP contribution in [0.1, 0.15) is 19.4 Å². The van der Waals surface area contributed by atoms with E-state index in [0.717, 1.165) is 24.4 Å². The van der Waals surface area contributed by atoms with Gasteiger partial charge in [0.2, 0.25) is 0 Å². The molecule has 1 atom stereocenters. The van der Waals surface area contributed by atoms with E-state index >= 15 is 0 Å². The number of benzene rings is 2. The van der Waals surface area contributed by atoms with Crippen LogP contribution in [0.4, 0.5) is 11.4 Å². The van der Waals surface area contributed by atoms with Crippen molar-refractivity contribution >= 4 is 11.4 Å². The van der Waals surface area contributed by atoms with Crippen molar-refractivity contribution in [3.05, 3.63) is 54.1 Å². The van der Waals surface area contributed by atoms with E-state index in [2.05, 4.69) is 55.1 Å². The molecule has 0 amide bonds. The Morgan fingerprint density at radius 2 is 1.84 bits per heavy atom. The first-order valence-corrected chi connectivity index (χ1v) is 6.90. The molecule has 0 saturated carbocycles. The maximum atomic E-state index is 5.89. The molecule has 2 heteroatoms. The Morgan fingerprint density at radius 1 is 1.11 bits per heavy atom. The van der Waals surface area contributed by atoms with Crippen LogP contribution in [0.2, 0.25) is 0 Å².